The molecule has 0 saturated heterocycles. The molecule has 0 aliphatic rings. The van der Waals surface area contributed by atoms with E-state index in [4.69, 9.17) is 10.5 Å². The summed E-state index contributed by atoms with van der Waals surface area (Å²) in [4.78, 5) is 11.4. The third kappa shape index (κ3) is 3.09. The molecule has 14 heavy (non-hydrogen) atoms. The van der Waals surface area contributed by atoms with Gasteiger partial charge in [-0.15, -0.1) is 0 Å². The number of carbonyl (C=O) groups excluding carboxylic acids is 1. The summed E-state index contributed by atoms with van der Waals surface area (Å²) in [6, 6.07) is 7.65. The van der Waals surface area contributed by atoms with Crippen molar-refractivity contribution in [3.05, 3.63) is 29.8 Å². The zero-order chi connectivity index (χ0) is 10.4. The normalized spacial score (nSPS) is 9.79. The third-order valence-corrected chi connectivity index (χ3v) is 1.78. The van der Waals surface area contributed by atoms with Gasteiger partial charge in [0, 0.05) is 5.69 Å². The minimum Gasteiger partial charge on any atom is -0.462 e. The van der Waals surface area contributed by atoms with Gasteiger partial charge in [0.05, 0.1) is 12.2 Å². The van der Waals surface area contributed by atoms with Gasteiger partial charge in [-0.25, -0.2) is 4.79 Å². The smallest absolute Gasteiger partial charge is 0.338 e. The van der Waals surface area contributed by atoms with E-state index in [0.717, 1.165) is 12.8 Å². The first kappa shape index (κ1) is 10.6. The molecule has 0 fully saturated rings. The fraction of sp³-hybridized carbons (Fsp3) is 0.364. The van der Waals surface area contributed by atoms with Crippen LogP contribution >= 0.6 is 0 Å². The summed E-state index contributed by atoms with van der Waals surface area (Å²) in [5.74, 6) is -0.356. The first-order valence-electron chi connectivity index (χ1n) is 4.68. The second-order valence-electron chi connectivity index (χ2n) is 3.03. The number of unbranched alkanes of at least 4 members (excludes halogenated alkanes) is 1. The summed E-state index contributed by atoms with van der Waals surface area (Å²) in [6.07, 6.45) is 1.89. The standard InChI is InChI=1S/C11H14NO2/c1-2-3-7-14-11(13)9-5-4-6-10(12)8-9/h4,6,8H,2-3,7,12H2,1H3. The molecule has 3 nitrogen and oxygen atoms in total. The van der Waals surface area contributed by atoms with Crippen molar-refractivity contribution in [1.29, 1.82) is 0 Å². The van der Waals surface area contributed by atoms with E-state index >= 15 is 0 Å². The highest BCUT2D eigenvalue weighted by atomic mass is 16.5. The van der Waals surface area contributed by atoms with Gasteiger partial charge in [-0.1, -0.05) is 19.4 Å². The fourth-order valence-corrected chi connectivity index (χ4v) is 0.989. The lowest BCUT2D eigenvalue weighted by atomic mass is 10.2. The number of hydrogen-bond donors (Lipinski definition) is 1. The van der Waals surface area contributed by atoms with Crippen molar-refractivity contribution < 1.29 is 9.53 Å². The zero-order valence-electron chi connectivity index (χ0n) is 8.25. The molecule has 0 aromatic heterocycles. The molecule has 1 aromatic rings. The topological polar surface area (TPSA) is 52.3 Å². The Hall–Kier alpha value is -1.51. The summed E-state index contributed by atoms with van der Waals surface area (Å²) in [5, 5.41) is 0. The van der Waals surface area contributed by atoms with Gasteiger partial charge in [0.15, 0.2) is 0 Å². The minimum absolute atomic E-state index is 0.356. The van der Waals surface area contributed by atoms with E-state index in [1.54, 1.807) is 18.2 Å². The Labute approximate surface area is 83.9 Å². The summed E-state index contributed by atoms with van der Waals surface area (Å²) >= 11 is 0. The Bertz CT molecular complexity index is 310. The Morgan fingerprint density at radius 3 is 3.07 bits per heavy atom. The Balaban J connectivity index is 2.52. The number of anilines is 1. The molecule has 0 bridgehead atoms. The highest BCUT2D eigenvalue weighted by molar-refractivity contribution is 5.90. The van der Waals surface area contributed by atoms with Crippen LogP contribution < -0.4 is 5.73 Å². The van der Waals surface area contributed by atoms with Crippen molar-refractivity contribution >= 4 is 11.7 Å². The van der Waals surface area contributed by atoms with Gasteiger partial charge < -0.3 is 10.5 Å². The van der Waals surface area contributed by atoms with E-state index < -0.39 is 0 Å². The van der Waals surface area contributed by atoms with Gasteiger partial charge in [0.2, 0.25) is 0 Å². The van der Waals surface area contributed by atoms with E-state index in [0.29, 0.717) is 17.9 Å². The number of nitrogen functional groups attached to an aromatic ring is 1. The van der Waals surface area contributed by atoms with Crippen LogP contribution in [0.3, 0.4) is 0 Å². The van der Waals surface area contributed by atoms with Gasteiger partial charge in [-0.2, -0.15) is 0 Å². The number of benzene rings is 1. The first-order chi connectivity index (χ1) is 6.74. The van der Waals surface area contributed by atoms with Crippen molar-refractivity contribution in [2.75, 3.05) is 12.3 Å². The molecular weight excluding hydrogens is 178 g/mol. The molecule has 75 valence electrons. The van der Waals surface area contributed by atoms with E-state index in [2.05, 4.69) is 6.07 Å². The van der Waals surface area contributed by atoms with E-state index in [-0.39, 0.29) is 5.97 Å². The lowest BCUT2D eigenvalue weighted by molar-refractivity contribution is 0.0499. The summed E-state index contributed by atoms with van der Waals surface area (Å²) in [6.45, 7) is 2.50. The van der Waals surface area contributed by atoms with Crippen molar-refractivity contribution in [3.8, 4) is 0 Å². The Kier molecular flexibility index (Phi) is 3.98. The molecule has 1 radical (unpaired) electrons. The van der Waals surface area contributed by atoms with E-state index in [9.17, 15) is 4.79 Å². The molecule has 0 unspecified atom stereocenters. The highest BCUT2D eigenvalue weighted by Gasteiger charge is 2.06. The molecule has 3 heteroatoms. The maximum atomic E-state index is 11.4. The van der Waals surface area contributed by atoms with Gasteiger partial charge >= 0.3 is 5.97 Å². The molecule has 0 saturated carbocycles. The average molecular weight is 192 g/mol. The van der Waals surface area contributed by atoms with Crippen LogP contribution in [0.2, 0.25) is 0 Å². The number of carbonyl (C=O) groups is 1. The molecule has 0 heterocycles. The molecule has 1 aromatic carbocycles. The highest BCUT2D eigenvalue weighted by Crippen LogP contribution is 2.07. The molecule has 0 aliphatic carbocycles. The third-order valence-electron chi connectivity index (χ3n) is 1.78. The van der Waals surface area contributed by atoms with Gasteiger partial charge in [-0.05, 0) is 24.6 Å². The predicted molar refractivity (Wildman–Crippen MR) is 54.9 cm³/mol. The van der Waals surface area contributed by atoms with Crippen LogP contribution in [0, 0.1) is 6.07 Å². The van der Waals surface area contributed by atoms with Crippen molar-refractivity contribution in [1.82, 2.24) is 0 Å². The SMILES string of the molecule is CCCCOC(=O)c1[c]ccc(N)c1. The minimum atomic E-state index is -0.356. The van der Waals surface area contributed by atoms with Crippen molar-refractivity contribution in [2.24, 2.45) is 0 Å². The molecule has 0 atom stereocenters. The molecule has 1 rings (SSSR count). The Morgan fingerprint density at radius 2 is 2.43 bits per heavy atom. The van der Waals surface area contributed by atoms with Crippen LogP contribution in [-0.2, 0) is 4.74 Å². The monoisotopic (exact) mass is 192 g/mol. The van der Waals surface area contributed by atoms with Crippen molar-refractivity contribution in [3.63, 3.8) is 0 Å². The second kappa shape index (κ2) is 5.27. The van der Waals surface area contributed by atoms with Gasteiger partial charge in [-0.3, -0.25) is 0 Å². The fourth-order valence-electron chi connectivity index (χ4n) is 0.989. The maximum Gasteiger partial charge on any atom is 0.338 e. The first-order valence-corrected chi connectivity index (χ1v) is 4.68. The average Bonchev–Trinajstić information content (AvgIpc) is 2.18. The van der Waals surface area contributed by atoms with Gasteiger partial charge in [0.25, 0.3) is 0 Å². The maximum absolute atomic E-state index is 11.4. The number of esters is 1. The number of nitrogens with two attached hydrogens (primary N) is 1. The van der Waals surface area contributed by atoms with Crippen LogP contribution in [0.1, 0.15) is 30.1 Å². The molecule has 0 aliphatic heterocycles. The van der Waals surface area contributed by atoms with Crippen LogP contribution in [-0.4, -0.2) is 12.6 Å². The van der Waals surface area contributed by atoms with Crippen LogP contribution in [0.25, 0.3) is 0 Å². The summed E-state index contributed by atoms with van der Waals surface area (Å²) in [5.41, 5.74) is 6.46. The quantitative estimate of drug-likeness (QED) is 0.451. The largest absolute Gasteiger partial charge is 0.462 e. The molecule has 0 spiro atoms. The number of rotatable bonds is 4. The second-order valence-corrected chi connectivity index (χ2v) is 3.03. The van der Waals surface area contributed by atoms with E-state index in [1.165, 1.54) is 0 Å². The molecule has 0 amide bonds. The Morgan fingerprint density at radius 1 is 1.64 bits per heavy atom. The lowest BCUT2D eigenvalue weighted by Crippen LogP contribution is -2.06. The van der Waals surface area contributed by atoms with Crippen LogP contribution in [0.4, 0.5) is 5.69 Å². The number of hydrogen-bond acceptors (Lipinski definition) is 3. The number of ether oxygens (including phenoxy) is 1. The predicted octanol–water partition coefficient (Wildman–Crippen LogP) is 2.03. The summed E-state index contributed by atoms with van der Waals surface area (Å²) in [7, 11) is 0. The molecular formula is C11H14NO2. The lowest BCUT2D eigenvalue weighted by Gasteiger charge is -2.03. The summed E-state index contributed by atoms with van der Waals surface area (Å²) < 4.78 is 5.00. The molecule has 2 N–H and O–H groups in total. The van der Waals surface area contributed by atoms with Crippen LogP contribution in [0.5, 0.6) is 0 Å². The van der Waals surface area contributed by atoms with Crippen molar-refractivity contribution in [2.45, 2.75) is 19.8 Å². The zero-order valence-corrected chi connectivity index (χ0v) is 8.25. The van der Waals surface area contributed by atoms with E-state index in [1.807, 2.05) is 6.92 Å². The van der Waals surface area contributed by atoms with Crippen LogP contribution in [0.15, 0.2) is 18.2 Å². The van der Waals surface area contributed by atoms with Gasteiger partial charge in [0.1, 0.15) is 0 Å².